The quantitative estimate of drug-likeness (QED) is 0.143. The van der Waals surface area contributed by atoms with Crippen molar-refractivity contribution in [1.29, 1.82) is 0 Å². The summed E-state index contributed by atoms with van der Waals surface area (Å²) in [5, 5.41) is 30.7. The molecule has 10 rings (SSSR count). The molecule has 0 aromatic heterocycles. The highest BCUT2D eigenvalue weighted by molar-refractivity contribution is 5.78. The minimum absolute atomic E-state index is 0. The molecule has 16 heteroatoms. The number of aliphatic hydroxyl groups is 3. The van der Waals surface area contributed by atoms with E-state index in [9.17, 15) is 51.3 Å². The standard InChI is InChI=1S/C19H29F3O2.C16H23F3O4.C10H18O4.6CH4/c1-5-17(4,19(20,21)22)15(23)24-16(2,3)18-9-12-6-13(10-18)8-14(7-12)11-18;1-3-12(2,16(17,18)19)11(20)23-15-6-10-4-13(21,8-15)7-14(22,5-10)9-15;1-3-6(2)14-8-5-13-9-7(11)4-12-10(8)9;;;;;;/h12-14H,5-11H2,1-4H3;10,21-22H,3-9H2,1-2H3;6-11H,3-5H2,1-2H3;6*1H4. The highest BCUT2D eigenvalue weighted by Crippen LogP contribution is 2.65. The second-order valence-electron chi connectivity index (χ2n) is 21.6. The van der Waals surface area contributed by atoms with Crippen LogP contribution in [0.5, 0.6) is 0 Å². The minimum Gasteiger partial charge on any atom is -0.458 e. The number of esters is 2. The third kappa shape index (κ3) is 12.5. The number of alkyl halides is 6. The smallest absolute Gasteiger partial charge is 0.404 e. The lowest BCUT2D eigenvalue weighted by atomic mass is 9.46. The second kappa shape index (κ2) is 22.4. The Morgan fingerprint density at radius 3 is 1.48 bits per heavy atom. The van der Waals surface area contributed by atoms with Crippen LogP contribution in [0.2, 0.25) is 0 Å². The molecule has 2 aliphatic heterocycles. The van der Waals surface area contributed by atoms with Crippen LogP contribution in [0, 0.1) is 39.9 Å². The van der Waals surface area contributed by atoms with Crippen molar-refractivity contribution in [1.82, 2.24) is 0 Å². The van der Waals surface area contributed by atoms with E-state index in [2.05, 4.69) is 6.92 Å². The molecule has 9 unspecified atom stereocenters. The van der Waals surface area contributed by atoms with E-state index < -0.39 is 70.1 Å². The van der Waals surface area contributed by atoms with Gasteiger partial charge < -0.3 is 39.0 Å². The molecule has 2 heterocycles. The SMILES string of the molecule is C.C.C.C.C.C.CCC(C)(C(=O)OC(C)(C)C12CC3CC(CC(C3)C1)C2)C(F)(F)F.CCC(C)(C(=O)OC12CC3CC(O)(CC(O)(C3)C1)C2)C(F)(F)F.CCC(C)OC1COC2C(O)COC12. The van der Waals surface area contributed by atoms with E-state index in [4.69, 9.17) is 23.7 Å². The normalized spacial score (nSPS) is 38.2. The van der Waals surface area contributed by atoms with Crippen LogP contribution in [0.4, 0.5) is 26.3 Å². The van der Waals surface area contributed by atoms with Gasteiger partial charge in [0.2, 0.25) is 0 Å². The molecule has 10 fully saturated rings. The lowest BCUT2D eigenvalue weighted by Gasteiger charge is -2.62. The van der Waals surface area contributed by atoms with Gasteiger partial charge >= 0.3 is 24.3 Å². The number of carbonyl (C=O) groups excluding carboxylic acids is 2. The summed E-state index contributed by atoms with van der Waals surface area (Å²) in [6, 6.07) is 0. The van der Waals surface area contributed by atoms with Crippen LogP contribution in [-0.4, -0.2) is 106 Å². The Kier molecular flexibility index (Phi) is 21.8. The topological polar surface area (TPSA) is 141 Å². The Balaban J connectivity index is 0.000000961. The molecule has 10 aliphatic rings. The number of aliphatic hydroxyl groups excluding tert-OH is 1. The number of halogens is 6. The van der Waals surface area contributed by atoms with Crippen molar-refractivity contribution >= 4 is 11.9 Å². The van der Waals surface area contributed by atoms with Crippen LogP contribution in [0.25, 0.3) is 0 Å². The zero-order valence-corrected chi connectivity index (χ0v) is 37.2. The zero-order chi connectivity index (χ0) is 45.4. The molecule has 0 spiro atoms. The number of carbonyl (C=O) groups is 2. The maximum Gasteiger partial charge on any atom is 0.404 e. The first-order valence-corrected chi connectivity index (χ1v) is 22.6. The Morgan fingerprint density at radius 1 is 0.642 bits per heavy atom. The molecule has 0 aromatic carbocycles. The van der Waals surface area contributed by atoms with Gasteiger partial charge in [-0.3, -0.25) is 9.59 Å². The Hall–Kier alpha value is -1.72. The number of rotatable bonds is 10. The highest BCUT2D eigenvalue weighted by atomic mass is 19.4. The van der Waals surface area contributed by atoms with Crippen LogP contribution in [-0.2, 0) is 33.3 Å². The molecule has 9 atom stereocenters. The molecular formula is C51H94F6O10. The van der Waals surface area contributed by atoms with Crippen molar-refractivity contribution < 1.29 is 74.9 Å². The maximum atomic E-state index is 13.4. The fraction of sp³-hybridized carbons (Fsp3) is 0.961. The van der Waals surface area contributed by atoms with Crippen LogP contribution < -0.4 is 0 Å². The van der Waals surface area contributed by atoms with Crippen LogP contribution in [0.15, 0.2) is 0 Å². The molecule has 0 radical (unpaired) electrons. The van der Waals surface area contributed by atoms with Gasteiger partial charge in [0.25, 0.3) is 0 Å². The van der Waals surface area contributed by atoms with E-state index in [-0.39, 0.29) is 106 Å². The van der Waals surface area contributed by atoms with Crippen molar-refractivity contribution in [3.05, 3.63) is 0 Å². The first-order chi connectivity index (χ1) is 28.0. The molecule has 0 aromatic rings. The molecule has 3 N–H and O–H groups in total. The van der Waals surface area contributed by atoms with Gasteiger partial charge in [0.1, 0.15) is 35.6 Å². The summed E-state index contributed by atoms with van der Waals surface area (Å²) in [7, 11) is 0. The summed E-state index contributed by atoms with van der Waals surface area (Å²) < 4.78 is 108. The maximum absolute atomic E-state index is 13.4. The highest BCUT2D eigenvalue weighted by Gasteiger charge is 2.67. The van der Waals surface area contributed by atoms with Crippen LogP contribution in [0.3, 0.4) is 0 Å². The predicted molar refractivity (Wildman–Crippen MR) is 250 cm³/mol. The van der Waals surface area contributed by atoms with Crippen LogP contribution in [0.1, 0.15) is 196 Å². The summed E-state index contributed by atoms with van der Waals surface area (Å²) in [6.07, 6.45) is -0.920. The lowest BCUT2D eigenvalue weighted by molar-refractivity contribution is -0.277. The van der Waals surface area contributed by atoms with E-state index in [0.29, 0.717) is 50.2 Å². The largest absolute Gasteiger partial charge is 0.458 e. The van der Waals surface area contributed by atoms with Crippen molar-refractivity contribution in [3.8, 4) is 0 Å². The van der Waals surface area contributed by atoms with Crippen molar-refractivity contribution in [2.24, 2.45) is 39.9 Å². The Labute approximate surface area is 400 Å². The fourth-order valence-corrected chi connectivity index (χ4v) is 12.8. The number of hydrogen-bond acceptors (Lipinski definition) is 10. The van der Waals surface area contributed by atoms with E-state index in [1.165, 1.54) is 33.1 Å². The Morgan fingerprint density at radius 2 is 1.07 bits per heavy atom. The molecular weight excluding hydrogens is 887 g/mol. The number of ether oxygens (including phenoxy) is 5. The van der Waals surface area contributed by atoms with Gasteiger partial charge in [0, 0.05) is 24.7 Å². The van der Waals surface area contributed by atoms with Crippen molar-refractivity contribution in [3.63, 3.8) is 0 Å². The molecule has 8 bridgehead atoms. The van der Waals surface area contributed by atoms with Gasteiger partial charge in [-0.2, -0.15) is 26.3 Å². The Bertz CT molecular complexity index is 1550. The second-order valence-corrected chi connectivity index (χ2v) is 21.6. The molecule has 8 aliphatic carbocycles. The van der Waals surface area contributed by atoms with Gasteiger partial charge in [-0.05, 0) is 135 Å². The summed E-state index contributed by atoms with van der Waals surface area (Å²) in [5.74, 6) is -0.453. The van der Waals surface area contributed by atoms with Gasteiger partial charge in [-0.25, -0.2) is 0 Å². The van der Waals surface area contributed by atoms with E-state index >= 15 is 0 Å². The number of fused-ring (bicyclic) bond motifs is 1. The molecule has 10 nitrogen and oxygen atoms in total. The summed E-state index contributed by atoms with van der Waals surface area (Å²) in [4.78, 5) is 24.8. The number of hydrogen-bond donors (Lipinski definition) is 3. The zero-order valence-electron chi connectivity index (χ0n) is 37.2. The lowest BCUT2D eigenvalue weighted by Crippen LogP contribution is -2.67. The molecule has 2 saturated heterocycles. The van der Waals surface area contributed by atoms with Crippen molar-refractivity contribution in [2.75, 3.05) is 13.2 Å². The third-order valence-corrected chi connectivity index (χ3v) is 16.5. The van der Waals surface area contributed by atoms with Gasteiger partial charge in [0.15, 0.2) is 10.8 Å². The average Bonchev–Trinajstić information content (AvgIpc) is 3.69. The van der Waals surface area contributed by atoms with E-state index in [0.717, 1.165) is 39.5 Å². The van der Waals surface area contributed by atoms with Gasteiger partial charge in [-0.1, -0.05) is 65.3 Å². The summed E-state index contributed by atoms with van der Waals surface area (Å²) >= 11 is 0. The minimum atomic E-state index is -4.70. The predicted octanol–water partition coefficient (Wildman–Crippen LogP) is 12.4. The van der Waals surface area contributed by atoms with Crippen molar-refractivity contribution in [2.45, 2.75) is 262 Å². The molecule has 8 saturated carbocycles. The van der Waals surface area contributed by atoms with Gasteiger partial charge in [-0.15, -0.1) is 0 Å². The first-order valence-electron chi connectivity index (χ1n) is 22.6. The summed E-state index contributed by atoms with van der Waals surface area (Å²) in [6.45, 7) is 13.2. The first kappa shape index (κ1) is 65.3. The fourth-order valence-electron chi connectivity index (χ4n) is 12.8. The summed E-state index contributed by atoms with van der Waals surface area (Å²) in [5.41, 5.74) is -9.44. The molecule has 67 heavy (non-hydrogen) atoms. The third-order valence-electron chi connectivity index (χ3n) is 16.5. The van der Waals surface area contributed by atoms with Gasteiger partial charge in [0.05, 0.1) is 30.5 Å². The van der Waals surface area contributed by atoms with Crippen LogP contribution >= 0.6 is 0 Å². The monoisotopic (exact) mass is 981 g/mol. The van der Waals surface area contributed by atoms with E-state index in [1.54, 1.807) is 0 Å². The molecule has 0 amide bonds. The molecule has 400 valence electrons. The average molecular weight is 981 g/mol. The van der Waals surface area contributed by atoms with E-state index in [1.807, 2.05) is 20.8 Å².